The number of nitrogens with one attached hydrogen (secondary N) is 1. The number of hydrogen-bond acceptors (Lipinski definition) is 3. The van der Waals surface area contributed by atoms with Crippen LogP contribution in [0.1, 0.15) is 0 Å². The molecule has 2 nitrogen and oxygen atoms in total. The second-order valence-corrected chi connectivity index (χ2v) is 5.55. The topological polar surface area (TPSA) is 24.4 Å². The lowest BCUT2D eigenvalue weighted by atomic mass is 10.3. The minimum absolute atomic E-state index is 0.912. The lowest BCUT2D eigenvalue weighted by Crippen LogP contribution is -2.05. The molecule has 0 aromatic heterocycles. The summed E-state index contributed by atoms with van der Waals surface area (Å²) in [6.07, 6.45) is 0. The molecule has 1 aliphatic rings. The predicted molar refractivity (Wildman–Crippen MR) is 70.2 cm³/mol. The zero-order valence-corrected chi connectivity index (χ0v) is 11.2. The van der Waals surface area contributed by atoms with Gasteiger partial charge in [-0.1, -0.05) is 17.8 Å². The van der Waals surface area contributed by atoms with Gasteiger partial charge in [-0.2, -0.15) is 0 Å². The number of para-hydroxylation sites is 1. The Morgan fingerprint density at radius 1 is 1.29 bits per heavy atom. The first-order valence-corrected chi connectivity index (χ1v) is 6.73. The van der Waals surface area contributed by atoms with Crippen LogP contribution in [0.5, 0.6) is 0 Å². The monoisotopic (exact) mass is 334 g/mol. The number of nitrogens with zero attached hydrogens (tertiary/aromatic N) is 1. The highest BCUT2D eigenvalue weighted by Crippen LogP contribution is 2.31. The van der Waals surface area contributed by atoms with Gasteiger partial charge in [0.15, 0.2) is 5.17 Å². The Hall–Kier alpha value is -0.000000000000000111. The van der Waals surface area contributed by atoms with Gasteiger partial charge in [-0.3, -0.25) is 4.99 Å². The molecule has 0 aliphatic carbocycles. The number of thioether (sulfide) groups is 1. The number of halogens is 2. The van der Waals surface area contributed by atoms with Gasteiger partial charge in [0, 0.05) is 14.7 Å². The highest BCUT2D eigenvalue weighted by molar-refractivity contribution is 9.11. The van der Waals surface area contributed by atoms with Crippen molar-refractivity contribution in [2.75, 3.05) is 17.6 Å². The fraction of sp³-hybridized carbons (Fsp3) is 0.222. The Labute approximate surface area is 104 Å². The zero-order valence-electron chi connectivity index (χ0n) is 7.26. The van der Waals surface area contributed by atoms with E-state index in [1.807, 2.05) is 18.2 Å². The molecule has 0 radical (unpaired) electrons. The maximum atomic E-state index is 4.34. The summed E-state index contributed by atoms with van der Waals surface area (Å²) in [7, 11) is 0. The van der Waals surface area contributed by atoms with E-state index in [0.29, 0.717) is 0 Å². The number of hydrogen-bond donors (Lipinski definition) is 1. The van der Waals surface area contributed by atoms with Crippen LogP contribution in [-0.2, 0) is 0 Å². The summed E-state index contributed by atoms with van der Waals surface area (Å²) < 4.78 is 2.09. The lowest BCUT2D eigenvalue weighted by Gasteiger charge is -2.09. The molecule has 5 heteroatoms. The predicted octanol–water partition coefficient (Wildman–Crippen LogP) is 3.73. The van der Waals surface area contributed by atoms with Crippen molar-refractivity contribution in [3.8, 4) is 0 Å². The van der Waals surface area contributed by atoms with Crippen molar-refractivity contribution < 1.29 is 0 Å². The van der Waals surface area contributed by atoms with Gasteiger partial charge in [-0.15, -0.1) is 0 Å². The molecule has 0 bridgehead atoms. The molecule has 0 unspecified atom stereocenters. The minimum Gasteiger partial charge on any atom is -0.333 e. The Kier molecular flexibility index (Phi) is 3.52. The largest absolute Gasteiger partial charge is 0.333 e. The van der Waals surface area contributed by atoms with E-state index >= 15 is 0 Å². The molecule has 0 saturated heterocycles. The summed E-state index contributed by atoms with van der Waals surface area (Å²) >= 11 is 8.75. The van der Waals surface area contributed by atoms with Gasteiger partial charge in [0.1, 0.15) is 0 Å². The molecule has 1 N–H and O–H groups in total. The van der Waals surface area contributed by atoms with Gasteiger partial charge >= 0.3 is 0 Å². The summed E-state index contributed by atoms with van der Waals surface area (Å²) in [5, 5.41) is 4.29. The molecule has 1 aromatic carbocycles. The van der Waals surface area contributed by atoms with E-state index in [1.54, 1.807) is 11.8 Å². The van der Waals surface area contributed by atoms with Crippen molar-refractivity contribution in [2.24, 2.45) is 4.99 Å². The zero-order chi connectivity index (χ0) is 9.97. The smallest absolute Gasteiger partial charge is 0.161 e. The molecular weight excluding hydrogens is 328 g/mol. The number of aliphatic imine (C=N–C) groups is 1. The molecule has 14 heavy (non-hydrogen) atoms. The summed E-state index contributed by atoms with van der Waals surface area (Å²) in [6.45, 7) is 0.912. The van der Waals surface area contributed by atoms with Crippen molar-refractivity contribution in [2.45, 2.75) is 0 Å². The maximum absolute atomic E-state index is 4.34. The van der Waals surface area contributed by atoms with Crippen LogP contribution in [0.3, 0.4) is 0 Å². The number of anilines is 1. The first kappa shape index (κ1) is 10.5. The van der Waals surface area contributed by atoms with Crippen molar-refractivity contribution in [1.29, 1.82) is 0 Å². The Balaban J connectivity index is 2.23. The maximum Gasteiger partial charge on any atom is 0.161 e. The molecule has 74 valence electrons. The first-order chi connectivity index (χ1) is 6.77. The molecule has 1 aromatic rings. The average molecular weight is 336 g/mol. The summed E-state index contributed by atoms with van der Waals surface area (Å²) in [4.78, 5) is 4.34. The number of rotatable bonds is 1. The van der Waals surface area contributed by atoms with E-state index in [4.69, 9.17) is 0 Å². The van der Waals surface area contributed by atoms with Gasteiger partial charge in [0.25, 0.3) is 0 Å². The first-order valence-electron chi connectivity index (χ1n) is 4.15. The second-order valence-electron chi connectivity index (χ2n) is 2.76. The fourth-order valence-corrected chi connectivity index (χ4v) is 3.06. The van der Waals surface area contributed by atoms with Crippen molar-refractivity contribution in [1.82, 2.24) is 0 Å². The molecule has 1 heterocycles. The fourth-order valence-electron chi connectivity index (χ4n) is 1.13. The van der Waals surface area contributed by atoms with Crippen molar-refractivity contribution in [3.63, 3.8) is 0 Å². The summed E-state index contributed by atoms with van der Waals surface area (Å²) in [5.74, 6) is 1.07. The van der Waals surface area contributed by atoms with Crippen LogP contribution in [0, 0.1) is 0 Å². The Morgan fingerprint density at radius 2 is 2.00 bits per heavy atom. The van der Waals surface area contributed by atoms with Crippen LogP contribution in [-0.4, -0.2) is 17.5 Å². The minimum atomic E-state index is 0.912. The second kappa shape index (κ2) is 4.68. The van der Waals surface area contributed by atoms with Crippen molar-refractivity contribution in [3.05, 3.63) is 27.1 Å². The molecule has 0 spiro atoms. The van der Waals surface area contributed by atoms with E-state index in [0.717, 1.165) is 32.1 Å². The Morgan fingerprint density at radius 3 is 2.57 bits per heavy atom. The third-order valence-corrected chi connectivity index (χ3v) is 3.99. The third-order valence-electron chi connectivity index (χ3n) is 1.78. The van der Waals surface area contributed by atoms with E-state index in [2.05, 4.69) is 42.2 Å². The summed E-state index contributed by atoms with van der Waals surface area (Å²) in [5.41, 5.74) is 1.04. The molecule has 2 rings (SSSR count). The van der Waals surface area contributed by atoms with Crippen LogP contribution in [0.4, 0.5) is 5.69 Å². The van der Waals surface area contributed by atoms with Crippen LogP contribution >= 0.6 is 43.6 Å². The quantitative estimate of drug-likeness (QED) is 0.845. The Bertz CT molecular complexity index is 359. The molecule has 0 fully saturated rings. The lowest BCUT2D eigenvalue weighted by molar-refractivity contribution is 1.17. The van der Waals surface area contributed by atoms with E-state index in [1.165, 1.54) is 0 Å². The molecular formula is C9H8Br2N2S. The van der Waals surface area contributed by atoms with Crippen LogP contribution in [0.2, 0.25) is 0 Å². The van der Waals surface area contributed by atoms with Crippen LogP contribution in [0.15, 0.2) is 32.1 Å². The average Bonchev–Trinajstić information content (AvgIpc) is 2.64. The normalized spacial score (nSPS) is 15.4. The highest BCUT2D eigenvalue weighted by Gasteiger charge is 2.10. The van der Waals surface area contributed by atoms with Gasteiger partial charge in [-0.05, 0) is 44.0 Å². The van der Waals surface area contributed by atoms with Crippen LogP contribution < -0.4 is 5.32 Å². The van der Waals surface area contributed by atoms with Crippen molar-refractivity contribution >= 4 is 54.5 Å². The molecule has 0 amide bonds. The van der Waals surface area contributed by atoms with E-state index in [-0.39, 0.29) is 0 Å². The number of amidine groups is 1. The van der Waals surface area contributed by atoms with E-state index in [9.17, 15) is 0 Å². The molecule has 1 aliphatic heterocycles. The molecule has 0 atom stereocenters. The summed E-state index contributed by atoms with van der Waals surface area (Å²) in [6, 6.07) is 6.00. The van der Waals surface area contributed by atoms with Gasteiger partial charge in [-0.25, -0.2) is 0 Å². The van der Waals surface area contributed by atoms with E-state index < -0.39 is 0 Å². The molecule has 0 saturated carbocycles. The third kappa shape index (κ3) is 2.32. The number of benzene rings is 1. The van der Waals surface area contributed by atoms with Crippen LogP contribution in [0.25, 0.3) is 0 Å². The standard InChI is InChI=1S/C9H8Br2N2S/c10-6-2-1-3-7(11)8(6)13-9-12-4-5-14-9/h1-3H,4-5H2,(H,12,13). The highest BCUT2D eigenvalue weighted by atomic mass is 79.9. The van der Waals surface area contributed by atoms with Gasteiger partial charge in [0.05, 0.1) is 12.2 Å². The SMILES string of the molecule is Brc1cccc(Br)c1NC1=NCCS1. The van der Waals surface area contributed by atoms with Gasteiger partial charge < -0.3 is 5.32 Å². The van der Waals surface area contributed by atoms with Gasteiger partial charge in [0.2, 0.25) is 0 Å².